The van der Waals surface area contributed by atoms with Gasteiger partial charge in [0, 0.05) is 38.2 Å². The van der Waals surface area contributed by atoms with Crippen molar-refractivity contribution in [2.45, 2.75) is 64.5 Å². The highest BCUT2D eigenvalue weighted by Crippen LogP contribution is 2.36. The van der Waals surface area contributed by atoms with Gasteiger partial charge in [0.1, 0.15) is 17.5 Å². The van der Waals surface area contributed by atoms with Crippen molar-refractivity contribution in [3.05, 3.63) is 130 Å². The molecule has 55 heavy (non-hydrogen) atoms. The Morgan fingerprint density at radius 1 is 0.800 bits per heavy atom. The number of hydrogen-bond acceptors (Lipinski definition) is 7. The largest absolute Gasteiger partial charge is 0.508 e. The van der Waals surface area contributed by atoms with Gasteiger partial charge in [-0.1, -0.05) is 73.7 Å². The minimum absolute atomic E-state index is 0.120. The molecule has 0 aromatic heterocycles. The highest BCUT2D eigenvalue weighted by Gasteiger charge is 2.39. The van der Waals surface area contributed by atoms with E-state index in [1.165, 1.54) is 16.7 Å². The molecule has 0 radical (unpaired) electrons. The monoisotopic (exact) mass is 740 g/mol. The van der Waals surface area contributed by atoms with Crippen LogP contribution in [0.4, 0.5) is 0 Å². The Labute approximate surface area is 324 Å². The molecule has 3 aliphatic heterocycles. The van der Waals surface area contributed by atoms with Gasteiger partial charge in [0.25, 0.3) is 5.91 Å². The van der Waals surface area contributed by atoms with Crippen LogP contribution in [-0.2, 0) is 22.6 Å². The van der Waals surface area contributed by atoms with Gasteiger partial charge < -0.3 is 24.5 Å². The highest BCUT2D eigenvalue weighted by atomic mass is 16.5. The number of nitrogens with zero attached hydrogens (tertiary/aromatic N) is 3. The van der Waals surface area contributed by atoms with E-state index in [-0.39, 0.29) is 29.9 Å². The Bertz CT molecular complexity index is 1990. The lowest BCUT2D eigenvalue weighted by atomic mass is 9.88. The summed E-state index contributed by atoms with van der Waals surface area (Å²) in [5.74, 6) is 0.369. The summed E-state index contributed by atoms with van der Waals surface area (Å²) in [5.41, 5.74) is 8.67. The maximum absolute atomic E-state index is 13.0. The first-order chi connectivity index (χ1) is 26.9. The van der Waals surface area contributed by atoms with E-state index in [2.05, 4.69) is 76.6 Å². The standard InChI is InChI=1S/C46H52N4O5/c1-2-40(34-10-4-3-5-11-34)44(35-13-17-38(51)18-14-35)36-15-19-39(20-16-36)55-30-8-27-49-26-7-25-48(28-29-49)24-6-9-33-12-21-41-37(31-33)32-50(46(41)54)42-22-23-43(52)47-45(42)53/h3-5,10-21,31,42,51H,2,6-9,22-30,32H2,1H3,(H,47,52,53)/b44-40-. The molecule has 0 bridgehead atoms. The fourth-order valence-electron chi connectivity index (χ4n) is 8.27. The van der Waals surface area contributed by atoms with Crippen molar-refractivity contribution in [2.75, 3.05) is 45.9 Å². The number of benzene rings is 4. The third-order valence-corrected chi connectivity index (χ3v) is 11.2. The summed E-state index contributed by atoms with van der Waals surface area (Å²) in [5, 5.41) is 12.3. The number of fused-ring (bicyclic) bond motifs is 1. The van der Waals surface area contributed by atoms with E-state index >= 15 is 0 Å². The second-order valence-electron chi connectivity index (χ2n) is 14.9. The second-order valence-corrected chi connectivity index (χ2v) is 14.9. The molecule has 3 aliphatic rings. The molecule has 9 heteroatoms. The number of ether oxygens (including phenoxy) is 1. The zero-order valence-electron chi connectivity index (χ0n) is 31.8. The Balaban J connectivity index is 0.849. The van der Waals surface area contributed by atoms with E-state index in [0.29, 0.717) is 25.1 Å². The Morgan fingerprint density at radius 2 is 1.49 bits per heavy atom. The fraction of sp³-hybridized carbons (Fsp3) is 0.370. The predicted molar refractivity (Wildman–Crippen MR) is 216 cm³/mol. The van der Waals surface area contributed by atoms with Crippen LogP contribution in [0.5, 0.6) is 11.5 Å². The molecule has 2 N–H and O–H groups in total. The molecule has 1 unspecified atom stereocenters. The van der Waals surface area contributed by atoms with E-state index < -0.39 is 6.04 Å². The molecule has 2 saturated heterocycles. The quantitative estimate of drug-likeness (QED) is 0.0822. The van der Waals surface area contributed by atoms with Crippen molar-refractivity contribution < 1.29 is 24.2 Å². The van der Waals surface area contributed by atoms with E-state index in [1.807, 2.05) is 30.3 Å². The third-order valence-electron chi connectivity index (χ3n) is 11.2. The Kier molecular flexibility index (Phi) is 12.4. The summed E-state index contributed by atoms with van der Waals surface area (Å²) in [6, 6.07) is 31.9. The second kappa shape index (κ2) is 17.9. The molecule has 9 nitrogen and oxygen atoms in total. The first-order valence-electron chi connectivity index (χ1n) is 19.9. The number of rotatable bonds is 14. The third kappa shape index (κ3) is 9.35. The average Bonchev–Trinajstić information content (AvgIpc) is 3.35. The molecule has 7 rings (SSSR count). The molecule has 0 spiro atoms. The molecular weight excluding hydrogens is 689 g/mol. The SMILES string of the molecule is CC/C(=C(\c1ccc(O)cc1)c1ccc(OCCCN2CCCN(CCCc3ccc4c(c3)CN(C3CCC(=O)NC3=O)C4=O)CC2)cc1)c1ccccc1. The number of aryl methyl sites for hydroxylation is 1. The molecule has 3 heterocycles. The van der Waals surface area contributed by atoms with Crippen LogP contribution in [0.2, 0.25) is 0 Å². The van der Waals surface area contributed by atoms with Crippen LogP contribution in [0, 0.1) is 0 Å². The minimum Gasteiger partial charge on any atom is -0.508 e. The summed E-state index contributed by atoms with van der Waals surface area (Å²) < 4.78 is 6.21. The first-order valence-corrected chi connectivity index (χ1v) is 19.9. The highest BCUT2D eigenvalue weighted by molar-refractivity contribution is 6.05. The number of aromatic hydroxyl groups is 1. The van der Waals surface area contributed by atoms with Crippen LogP contribution in [0.1, 0.15) is 83.6 Å². The van der Waals surface area contributed by atoms with E-state index in [9.17, 15) is 19.5 Å². The van der Waals surface area contributed by atoms with Crippen LogP contribution in [-0.4, -0.2) is 89.4 Å². The number of carbonyl (C=O) groups is 3. The van der Waals surface area contributed by atoms with Crippen molar-refractivity contribution in [1.29, 1.82) is 0 Å². The first kappa shape index (κ1) is 38.0. The molecular formula is C46H52N4O5. The number of amides is 3. The molecule has 286 valence electrons. The fourth-order valence-corrected chi connectivity index (χ4v) is 8.27. The Hall–Kier alpha value is -5.25. The zero-order valence-corrected chi connectivity index (χ0v) is 31.8. The van der Waals surface area contributed by atoms with Crippen LogP contribution < -0.4 is 10.1 Å². The van der Waals surface area contributed by atoms with Gasteiger partial charge in [0.05, 0.1) is 6.61 Å². The Morgan fingerprint density at radius 3 is 2.18 bits per heavy atom. The van der Waals surface area contributed by atoms with Gasteiger partial charge >= 0.3 is 0 Å². The molecule has 0 aliphatic carbocycles. The lowest BCUT2D eigenvalue weighted by Crippen LogP contribution is -2.52. The maximum atomic E-state index is 13.0. The molecule has 3 amide bonds. The van der Waals surface area contributed by atoms with Gasteiger partial charge in [0.15, 0.2) is 0 Å². The number of imide groups is 1. The summed E-state index contributed by atoms with van der Waals surface area (Å²) in [4.78, 5) is 43.8. The zero-order chi connectivity index (χ0) is 38.1. The molecule has 4 aromatic carbocycles. The van der Waals surface area contributed by atoms with Gasteiger partial charge in [-0.3, -0.25) is 19.7 Å². The lowest BCUT2D eigenvalue weighted by Gasteiger charge is -2.29. The van der Waals surface area contributed by atoms with Crippen molar-refractivity contribution in [3.8, 4) is 11.5 Å². The van der Waals surface area contributed by atoms with Gasteiger partial charge in [-0.05, 0) is 127 Å². The van der Waals surface area contributed by atoms with Crippen molar-refractivity contribution >= 4 is 28.9 Å². The maximum Gasteiger partial charge on any atom is 0.255 e. The van der Waals surface area contributed by atoms with Gasteiger partial charge in [-0.15, -0.1) is 0 Å². The van der Waals surface area contributed by atoms with Gasteiger partial charge in [0.2, 0.25) is 11.8 Å². The molecule has 1 atom stereocenters. The number of piperidine rings is 1. The summed E-state index contributed by atoms with van der Waals surface area (Å²) in [6.07, 6.45) is 5.64. The molecule has 4 aromatic rings. The van der Waals surface area contributed by atoms with Crippen molar-refractivity contribution in [1.82, 2.24) is 20.0 Å². The summed E-state index contributed by atoms with van der Waals surface area (Å²) in [7, 11) is 0. The normalized spacial score (nSPS) is 18.5. The lowest BCUT2D eigenvalue weighted by molar-refractivity contribution is -0.136. The van der Waals surface area contributed by atoms with Crippen LogP contribution in [0.3, 0.4) is 0 Å². The molecule has 0 saturated carbocycles. The number of hydrogen-bond donors (Lipinski definition) is 2. The predicted octanol–water partition coefficient (Wildman–Crippen LogP) is 6.93. The summed E-state index contributed by atoms with van der Waals surface area (Å²) >= 11 is 0. The number of carbonyl (C=O) groups excluding carboxylic acids is 3. The van der Waals surface area contributed by atoms with E-state index in [1.54, 1.807) is 17.0 Å². The van der Waals surface area contributed by atoms with E-state index in [4.69, 9.17) is 4.74 Å². The minimum atomic E-state index is -0.580. The number of phenolic OH excluding ortho intramolecular Hbond substituents is 1. The molecule has 2 fully saturated rings. The number of allylic oxidation sites excluding steroid dienone is 1. The van der Waals surface area contributed by atoms with E-state index in [0.717, 1.165) is 99.4 Å². The smallest absolute Gasteiger partial charge is 0.255 e. The topological polar surface area (TPSA) is 102 Å². The van der Waals surface area contributed by atoms with Crippen LogP contribution in [0.15, 0.2) is 97.1 Å². The summed E-state index contributed by atoms with van der Waals surface area (Å²) in [6.45, 7) is 9.64. The van der Waals surface area contributed by atoms with Crippen LogP contribution >= 0.6 is 0 Å². The van der Waals surface area contributed by atoms with Gasteiger partial charge in [-0.25, -0.2) is 0 Å². The number of nitrogens with one attached hydrogen (secondary N) is 1. The van der Waals surface area contributed by atoms with Gasteiger partial charge in [-0.2, -0.15) is 0 Å². The van der Waals surface area contributed by atoms with Crippen LogP contribution in [0.25, 0.3) is 11.1 Å². The van der Waals surface area contributed by atoms with Crippen molar-refractivity contribution in [2.24, 2.45) is 0 Å². The van der Waals surface area contributed by atoms with Crippen molar-refractivity contribution in [3.63, 3.8) is 0 Å². The number of phenols is 1. The average molecular weight is 741 g/mol.